The SMILES string of the molecule is CC.CC.CC.CC.COc1c(C)cc2ccccn12.COc1c(C)nc2ccccn12.COc1c(C)nn2cccnc12. The Bertz CT molecular complexity index is 1410. The van der Waals surface area contributed by atoms with Gasteiger partial charge in [-0.1, -0.05) is 67.5 Å². The number of aryl methyl sites for hydroxylation is 3. The number of ether oxygens (including phenoxy) is 3. The fraction of sp³-hybridized carbons (Fsp3) is 0.400. The molecule has 0 aromatic carbocycles. The highest BCUT2D eigenvalue weighted by atomic mass is 16.5. The minimum atomic E-state index is 0.746. The van der Waals surface area contributed by atoms with Gasteiger partial charge in [-0.15, -0.1) is 0 Å². The number of pyridine rings is 2. The molecule has 0 atom stereocenters. The van der Waals surface area contributed by atoms with Gasteiger partial charge in [0.15, 0.2) is 11.4 Å². The van der Waals surface area contributed by atoms with Crippen molar-refractivity contribution in [3.8, 4) is 17.5 Å². The second-order valence-corrected chi connectivity index (χ2v) is 7.97. The highest BCUT2D eigenvalue weighted by Gasteiger charge is 2.09. The molecule has 0 amide bonds. The second kappa shape index (κ2) is 22.1. The van der Waals surface area contributed by atoms with E-state index in [1.807, 2.05) is 140 Å². The van der Waals surface area contributed by atoms with Gasteiger partial charge >= 0.3 is 0 Å². The van der Waals surface area contributed by atoms with Gasteiger partial charge in [0.1, 0.15) is 17.0 Å². The van der Waals surface area contributed by atoms with Gasteiger partial charge in [0.05, 0.1) is 21.3 Å². The first kappa shape index (κ1) is 39.5. The van der Waals surface area contributed by atoms with Gasteiger partial charge in [-0.2, -0.15) is 5.10 Å². The normalized spacial score (nSPS) is 9.14. The Morgan fingerprint density at radius 2 is 1.20 bits per heavy atom. The second-order valence-electron chi connectivity index (χ2n) is 7.97. The molecular formula is C35H54N6O3. The summed E-state index contributed by atoms with van der Waals surface area (Å²) in [6.07, 6.45) is 7.51. The zero-order valence-electron chi connectivity index (χ0n) is 29.3. The molecule has 0 fully saturated rings. The van der Waals surface area contributed by atoms with E-state index in [1.54, 1.807) is 32.0 Å². The number of imidazole rings is 1. The van der Waals surface area contributed by atoms with Crippen molar-refractivity contribution < 1.29 is 14.2 Å². The van der Waals surface area contributed by atoms with Gasteiger partial charge in [-0.05, 0) is 57.2 Å². The number of fused-ring (bicyclic) bond motifs is 3. The summed E-state index contributed by atoms with van der Waals surface area (Å²) in [5, 5.41) is 4.21. The van der Waals surface area contributed by atoms with Crippen molar-refractivity contribution in [2.24, 2.45) is 0 Å². The minimum Gasteiger partial charge on any atom is -0.491 e. The summed E-state index contributed by atoms with van der Waals surface area (Å²) in [5.74, 6) is 2.48. The van der Waals surface area contributed by atoms with E-state index in [0.29, 0.717) is 0 Å². The Kier molecular flexibility index (Phi) is 19.8. The number of methoxy groups -OCH3 is 3. The molecule has 242 valence electrons. The van der Waals surface area contributed by atoms with Crippen LogP contribution in [0, 0.1) is 20.8 Å². The van der Waals surface area contributed by atoms with Gasteiger partial charge in [-0.3, -0.25) is 8.80 Å². The van der Waals surface area contributed by atoms with E-state index in [2.05, 4.69) is 27.2 Å². The fourth-order valence-electron chi connectivity index (χ4n) is 4.04. The Morgan fingerprint density at radius 1 is 0.614 bits per heavy atom. The molecule has 6 aromatic rings. The molecule has 0 bridgehead atoms. The van der Waals surface area contributed by atoms with Crippen molar-refractivity contribution in [2.75, 3.05) is 21.3 Å². The van der Waals surface area contributed by atoms with Gasteiger partial charge in [0.25, 0.3) is 0 Å². The molecule has 0 unspecified atom stereocenters. The summed E-state index contributed by atoms with van der Waals surface area (Å²) < 4.78 is 21.3. The van der Waals surface area contributed by atoms with Crippen LogP contribution in [0.15, 0.2) is 73.3 Å². The van der Waals surface area contributed by atoms with E-state index in [4.69, 9.17) is 14.2 Å². The van der Waals surface area contributed by atoms with Crippen LogP contribution in [-0.2, 0) is 0 Å². The average Bonchev–Trinajstić information content (AvgIpc) is 3.72. The van der Waals surface area contributed by atoms with Crippen molar-refractivity contribution >= 4 is 16.8 Å². The van der Waals surface area contributed by atoms with Crippen LogP contribution in [0.3, 0.4) is 0 Å². The first-order valence-electron chi connectivity index (χ1n) is 15.4. The number of hydrogen-bond acceptors (Lipinski definition) is 6. The van der Waals surface area contributed by atoms with Crippen LogP contribution in [0.4, 0.5) is 0 Å². The van der Waals surface area contributed by atoms with Gasteiger partial charge in [0.2, 0.25) is 11.8 Å². The molecule has 6 rings (SSSR count). The van der Waals surface area contributed by atoms with Crippen LogP contribution < -0.4 is 14.2 Å². The molecule has 0 N–H and O–H groups in total. The quantitative estimate of drug-likeness (QED) is 0.200. The maximum atomic E-state index is 5.26. The molecule has 0 saturated heterocycles. The number of hydrogen-bond donors (Lipinski definition) is 0. The highest BCUT2D eigenvalue weighted by molar-refractivity contribution is 5.56. The van der Waals surface area contributed by atoms with Crippen molar-refractivity contribution in [1.82, 2.24) is 28.4 Å². The average molecular weight is 607 g/mol. The largest absolute Gasteiger partial charge is 0.491 e. The lowest BCUT2D eigenvalue weighted by Gasteiger charge is -2.00. The zero-order valence-corrected chi connectivity index (χ0v) is 29.3. The summed E-state index contributed by atoms with van der Waals surface area (Å²) in [5.41, 5.74) is 5.81. The monoisotopic (exact) mass is 606 g/mol. The molecule has 9 heteroatoms. The molecule has 9 nitrogen and oxygen atoms in total. The van der Waals surface area contributed by atoms with E-state index in [0.717, 1.165) is 40.2 Å². The van der Waals surface area contributed by atoms with Crippen molar-refractivity contribution in [2.45, 2.75) is 76.2 Å². The topological polar surface area (TPSA) is 79.6 Å². The number of rotatable bonds is 3. The predicted octanol–water partition coefficient (Wildman–Crippen LogP) is 9.06. The van der Waals surface area contributed by atoms with E-state index in [1.165, 1.54) is 11.1 Å². The van der Waals surface area contributed by atoms with Crippen molar-refractivity contribution in [3.05, 3.63) is 90.3 Å². The minimum absolute atomic E-state index is 0.746. The lowest BCUT2D eigenvalue weighted by Crippen LogP contribution is -1.90. The molecule has 6 aromatic heterocycles. The Balaban J connectivity index is 0.000000565. The van der Waals surface area contributed by atoms with Gasteiger partial charge in [0, 0.05) is 35.9 Å². The molecule has 6 heterocycles. The Morgan fingerprint density at radius 3 is 1.80 bits per heavy atom. The van der Waals surface area contributed by atoms with E-state index in [9.17, 15) is 0 Å². The van der Waals surface area contributed by atoms with Gasteiger partial charge in [-0.25, -0.2) is 14.5 Å². The van der Waals surface area contributed by atoms with Crippen molar-refractivity contribution in [1.29, 1.82) is 0 Å². The van der Waals surface area contributed by atoms with E-state index >= 15 is 0 Å². The first-order chi connectivity index (χ1) is 21.5. The molecular weight excluding hydrogens is 552 g/mol. The molecule has 0 aliphatic rings. The highest BCUT2D eigenvalue weighted by Crippen LogP contribution is 2.22. The van der Waals surface area contributed by atoms with Gasteiger partial charge < -0.3 is 14.2 Å². The molecule has 0 saturated carbocycles. The first-order valence-corrected chi connectivity index (χ1v) is 15.4. The molecule has 44 heavy (non-hydrogen) atoms. The molecule has 0 spiro atoms. The summed E-state index contributed by atoms with van der Waals surface area (Å²) in [6.45, 7) is 21.9. The smallest absolute Gasteiger partial charge is 0.221 e. The predicted molar refractivity (Wildman–Crippen MR) is 185 cm³/mol. The van der Waals surface area contributed by atoms with Crippen LogP contribution in [0.1, 0.15) is 72.3 Å². The van der Waals surface area contributed by atoms with E-state index in [-0.39, 0.29) is 0 Å². The lowest BCUT2D eigenvalue weighted by atomic mass is 10.3. The van der Waals surface area contributed by atoms with Crippen LogP contribution in [-0.4, -0.2) is 49.7 Å². The Hall–Kier alpha value is -4.53. The summed E-state index contributed by atoms with van der Waals surface area (Å²) in [7, 11) is 4.98. The molecule has 0 aliphatic carbocycles. The third-order valence-electron chi connectivity index (χ3n) is 5.57. The number of nitrogens with zero attached hydrogens (tertiary/aromatic N) is 6. The Labute approximate surface area is 264 Å². The summed E-state index contributed by atoms with van der Waals surface area (Å²) in [6, 6.07) is 15.9. The third-order valence-corrected chi connectivity index (χ3v) is 5.57. The van der Waals surface area contributed by atoms with Crippen LogP contribution in [0.5, 0.6) is 17.5 Å². The maximum absolute atomic E-state index is 5.26. The molecule has 0 radical (unpaired) electrons. The maximum Gasteiger partial charge on any atom is 0.221 e. The zero-order chi connectivity index (χ0) is 33.7. The van der Waals surface area contributed by atoms with Crippen LogP contribution in [0.25, 0.3) is 16.8 Å². The lowest BCUT2D eigenvalue weighted by molar-refractivity contribution is 0.391. The van der Waals surface area contributed by atoms with E-state index < -0.39 is 0 Å². The van der Waals surface area contributed by atoms with Crippen LogP contribution >= 0.6 is 0 Å². The third kappa shape index (κ3) is 10.0. The summed E-state index contributed by atoms with van der Waals surface area (Å²) >= 11 is 0. The summed E-state index contributed by atoms with van der Waals surface area (Å²) in [4.78, 5) is 8.47. The number of aromatic nitrogens is 6. The van der Waals surface area contributed by atoms with Crippen LogP contribution in [0.2, 0.25) is 0 Å². The fourth-order valence-corrected chi connectivity index (χ4v) is 4.04. The standard InChI is InChI=1S/C10H11NO.C9H10N2O.C8H9N3O.4C2H6/c1-8-7-9-5-3-4-6-11(9)10(8)12-2;1-7-9(12-2)11-6-4-3-5-8(11)10-7;1-6-7(12-2)8-9-4-3-5-11(8)10-6;4*1-2/h3-7H,1-2H3;3-6H,1-2H3;3-5H,1-2H3;4*1-2H3. The van der Waals surface area contributed by atoms with Crippen molar-refractivity contribution in [3.63, 3.8) is 0 Å². The molecule has 0 aliphatic heterocycles.